The number of hydrogen-bond donors (Lipinski definition) is 3. The van der Waals surface area contributed by atoms with Gasteiger partial charge in [0.25, 0.3) is 5.56 Å². The first-order valence-corrected chi connectivity index (χ1v) is 12.9. The standard InChI is InChI=1S/C28H26FN3O6/c1-12-14-4-5-19(30-22(34)10-33)24-15-9-32-21(25(15)31-20(23(14)24)7-18(12)29)6-17-16(26(32)35)11-38-27(36)28(17,37)8-13-2-3-13/h6-7,13,19,33,37H,2-5,8-11H2,1H3,(H,30,34)/t19-,28+/m0/s1. The molecule has 3 aromatic rings. The minimum Gasteiger partial charge on any atom is -0.458 e. The van der Waals surface area contributed by atoms with Crippen LogP contribution in [0.2, 0.25) is 0 Å². The smallest absolute Gasteiger partial charge is 0.343 e. The zero-order valence-corrected chi connectivity index (χ0v) is 20.8. The number of carbonyl (C=O) groups excluding carboxylic acids is 2. The van der Waals surface area contributed by atoms with Crippen LogP contribution in [-0.2, 0) is 39.5 Å². The van der Waals surface area contributed by atoms with Gasteiger partial charge in [-0.05, 0) is 54.9 Å². The van der Waals surface area contributed by atoms with Crippen LogP contribution in [0.15, 0.2) is 16.9 Å². The summed E-state index contributed by atoms with van der Waals surface area (Å²) in [6.07, 6.45) is 3.03. The molecule has 7 rings (SSSR count). The van der Waals surface area contributed by atoms with E-state index in [9.17, 15) is 29.0 Å². The number of aromatic nitrogens is 2. The van der Waals surface area contributed by atoms with Crippen molar-refractivity contribution in [3.05, 3.63) is 61.7 Å². The molecule has 1 fully saturated rings. The maximum absolute atomic E-state index is 14.9. The number of ether oxygens (including phenoxy) is 1. The third-order valence-corrected chi connectivity index (χ3v) is 8.63. The van der Waals surface area contributed by atoms with Crippen molar-refractivity contribution >= 4 is 22.8 Å². The highest BCUT2D eigenvalue weighted by molar-refractivity contribution is 5.94. The van der Waals surface area contributed by atoms with E-state index in [2.05, 4.69) is 5.32 Å². The average Bonchev–Trinajstić information content (AvgIpc) is 3.63. The number of halogens is 1. The van der Waals surface area contributed by atoms with Crippen LogP contribution in [0.25, 0.3) is 22.3 Å². The van der Waals surface area contributed by atoms with Gasteiger partial charge in [0.2, 0.25) is 5.91 Å². The number of aliphatic hydroxyl groups is 2. The summed E-state index contributed by atoms with van der Waals surface area (Å²) in [5.74, 6) is -1.48. The number of carbonyl (C=O) groups is 2. The molecule has 1 saturated carbocycles. The number of aryl methyl sites for hydroxylation is 1. The summed E-state index contributed by atoms with van der Waals surface area (Å²) in [6, 6.07) is 2.57. The van der Waals surface area contributed by atoms with Crippen LogP contribution in [0.4, 0.5) is 4.39 Å². The fourth-order valence-electron chi connectivity index (χ4n) is 6.54. The van der Waals surface area contributed by atoms with Crippen LogP contribution in [-0.4, -0.2) is 38.2 Å². The van der Waals surface area contributed by atoms with Gasteiger partial charge in [-0.15, -0.1) is 0 Å². The number of cyclic esters (lactones) is 1. The summed E-state index contributed by atoms with van der Waals surface area (Å²) < 4.78 is 21.8. The Morgan fingerprint density at radius 3 is 2.76 bits per heavy atom. The zero-order chi connectivity index (χ0) is 26.5. The highest BCUT2D eigenvalue weighted by atomic mass is 19.1. The van der Waals surface area contributed by atoms with E-state index in [1.807, 2.05) is 0 Å². The van der Waals surface area contributed by atoms with Crippen LogP contribution in [0.1, 0.15) is 65.1 Å². The van der Waals surface area contributed by atoms with E-state index in [1.54, 1.807) is 17.6 Å². The first-order valence-electron chi connectivity index (χ1n) is 12.9. The second-order valence-corrected chi connectivity index (χ2v) is 10.9. The monoisotopic (exact) mass is 519 g/mol. The van der Waals surface area contributed by atoms with E-state index < -0.39 is 30.1 Å². The van der Waals surface area contributed by atoms with Crippen LogP contribution >= 0.6 is 0 Å². The van der Waals surface area contributed by atoms with Gasteiger partial charge in [-0.3, -0.25) is 9.59 Å². The molecular formula is C28H26FN3O6. The Hall–Kier alpha value is -3.63. The number of nitrogens with zero attached hydrogens (tertiary/aromatic N) is 2. The van der Waals surface area contributed by atoms with Crippen LogP contribution in [0, 0.1) is 18.7 Å². The summed E-state index contributed by atoms with van der Waals surface area (Å²) in [7, 11) is 0. The van der Waals surface area contributed by atoms with Crippen LogP contribution in [0.5, 0.6) is 0 Å². The Bertz CT molecular complexity index is 1660. The molecule has 1 aromatic carbocycles. The summed E-state index contributed by atoms with van der Waals surface area (Å²) >= 11 is 0. The van der Waals surface area contributed by atoms with Crippen LogP contribution in [0.3, 0.4) is 0 Å². The number of esters is 1. The quantitative estimate of drug-likeness (QED) is 0.352. The van der Waals surface area contributed by atoms with Gasteiger partial charge < -0.3 is 24.8 Å². The largest absolute Gasteiger partial charge is 0.458 e. The van der Waals surface area contributed by atoms with Crippen molar-refractivity contribution in [1.82, 2.24) is 14.9 Å². The molecule has 2 aliphatic carbocycles. The van der Waals surface area contributed by atoms with E-state index in [4.69, 9.17) is 9.72 Å². The summed E-state index contributed by atoms with van der Waals surface area (Å²) in [5.41, 5.74) is 2.35. The molecular weight excluding hydrogens is 493 g/mol. The van der Waals surface area contributed by atoms with Gasteiger partial charge in [-0.2, -0.15) is 0 Å². The van der Waals surface area contributed by atoms with Gasteiger partial charge in [0, 0.05) is 22.6 Å². The molecule has 0 saturated heterocycles. The molecule has 3 N–H and O–H groups in total. The molecule has 10 heteroatoms. The van der Waals surface area contributed by atoms with Gasteiger partial charge in [0.05, 0.1) is 35.1 Å². The predicted molar refractivity (Wildman–Crippen MR) is 133 cm³/mol. The lowest BCUT2D eigenvalue weighted by atomic mass is 9.81. The first-order chi connectivity index (χ1) is 18.2. The fraction of sp³-hybridized carbons (Fsp3) is 0.429. The molecule has 0 unspecified atom stereocenters. The minimum atomic E-state index is -1.91. The second-order valence-electron chi connectivity index (χ2n) is 10.9. The maximum atomic E-state index is 14.9. The third-order valence-electron chi connectivity index (χ3n) is 8.63. The first kappa shape index (κ1) is 23.5. The summed E-state index contributed by atoms with van der Waals surface area (Å²) in [4.78, 5) is 43.5. The van der Waals surface area contributed by atoms with E-state index in [1.165, 1.54) is 6.07 Å². The Labute approximate surface area is 216 Å². The zero-order valence-electron chi connectivity index (χ0n) is 20.8. The molecule has 4 aliphatic rings. The highest BCUT2D eigenvalue weighted by Gasteiger charge is 2.49. The van der Waals surface area contributed by atoms with Gasteiger partial charge in [0.1, 0.15) is 19.0 Å². The molecule has 4 heterocycles. The molecule has 0 bridgehead atoms. The number of benzene rings is 1. The Kier molecular flexibility index (Phi) is 4.91. The average molecular weight is 520 g/mol. The molecule has 0 spiro atoms. The Morgan fingerprint density at radius 2 is 2.03 bits per heavy atom. The van der Waals surface area contributed by atoms with Crippen molar-refractivity contribution in [3.63, 3.8) is 0 Å². The minimum absolute atomic E-state index is 0.172. The second kappa shape index (κ2) is 7.94. The normalized spacial score (nSPS) is 23.1. The van der Waals surface area contributed by atoms with Crippen molar-refractivity contribution in [3.8, 4) is 11.4 Å². The fourth-order valence-corrected chi connectivity index (χ4v) is 6.54. The lowest BCUT2D eigenvalue weighted by molar-refractivity contribution is -0.173. The number of pyridine rings is 2. The van der Waals surface area contributed by atoms with Crippen molar-refractivity contribution < 1.29 is 28.9 Å². The van der Waals surface area contributed by atoms with Gasteiger partial charge in [0.15, 0.2) is 5.60 Å². The highest BCUT2D eigenvalue weighted by Crippen LogP contribution is 2.47. The van der Waals surface area contributed by atoms with Gasteiger partial charge >= 0.3 is 5.97 Å². The number of hydrogen-bond acceptors (Lipinski definition) is 7. The van der Waals surface area contributed by atoms with Crippen molar-refractivity contribution in [2.75, 3.05) is 6.61 Å². The lowest BCUT2D eigenvalue weighted by Crippen LogP contribution is -2.45. The molecule has 0 radical (unpaired) electrons. The number of rotatable bonds is 4. The number of aliphatic hydroxyl groups excluding tert-OH is 1. The van der Waals surface area contributed by atoms with Crippen molar-refractivity contribution in [2.45, 2.75) is 63.8 Å². The van der Waals surface area contributed by atoms with E-state index >= 15 is 0 Å². The molecule has 2 atom stereocenters. The summed E-state index contributed by atoms with van der Waals surface area (Å²) in [6.45, 7) is 1.01. The molecule has 1 amide bonds. The van der Waals surface area contributed by atoms with Gasteiger partial charge in [-0.25, -0.2) is 14.2 Å². The summed E-state index contributed by atoms with van der Waals surface area (Å²) in [5, 5.41) is 24.5. The van der Waals surface area contributed by atoms with Crippen molar-refractivity contribution in [2.24, 2.45) is 5.92 Å². The predicted octanol–water partition coefficient (Wildman–Crippen LogP) is 2.01. The molecule has 9 nitrogen and oxygen atoms in total. The third kappa shape index (κ3) is 3.16. The van der Waals surface area contributed by atoms with E-state index in [0.29, 0.717) is 35.3 Å². The van der Waals surface area contributed by atoms with Crippen molar-refractivity contribution in [1.29, 1.82) is 0 Å². The lowest BCUT2D eigenvalue weighted by Gasteiger charge is -2.32. The maximum Gasteiger partial charge on any atom is 0.343 e. The number of fused-ring (bicyclic) bond motifs is 5. The molecule has 196 valence electrons. The molecule has 38 heavy (non-hydrogen) atoms. The molecule has 2 aliphatic heterocycles. The Morgan fingerprint density at radius 1 is 1.24 bits per heavy atom. The van der Waals surface area contributed by atoms with Crippen LogP contribution < -0.4 is 10.9 Å². The van der Waals surface area contributed by atoms with Gasteiger partial charge in [-0.1, -0.05) is 12.8 Å². The Balaban J connectivity index is 1.49. The number of amides is 1. The SMILES string of the molecule is Cc1c(F)cc2nc3c(c4c2c1CC[C@@H]4NC(=O)CO)Cn1c-3cc2c(c1=O)COC(=O)[C@@]2(O)CC1CC1. The van der Waals surface area contributed by atoms with E-state index in [0.717, 1.165) is 34.9 Å². The van der Waals surface area contributed by atoms with E-state index in [-0.39, 0.29) is 48.0 Å². The topological polar surface area (TPSA) is 131 Å². The molecule has 2 aromatic heterocycles. The number of nitrogens with one attached hydrogen (secondary N) is 1.